The SMILES string of the molecule is COc1ccc(N(C)S(=O)(=O)c2ncccc2N)cc1. The molecule has 0 spiro atoms. The predicted octanol–water partition coefficient (Wildman–Crippen LogP) is 1.50. The van der Waals surface area contributed by atoms with Crippen molar-refractivity contribution in [2.75, 3.05) is 24.2 Å². The van der Waals surface area contributed by atoms with Gasteiger partial charge in [-0.1, -0.05) is 0 Å². The van der Waals surface area contributed by atoms with Crippen molar-refractivity contribution in [3.63, 3.8) is 0 Å². The summed E-state index contributed by atoms with van der Waals surface area (Å²) >= 11 is 0. The van der Waals surface area contributed by atoms with Gasteiger partial charge < -0.3 is 10.5 Å². The number of sulfonamides is 1. The number of rotatable bonds is 4. The number of anilines is 2. The van der Waals surface area contributed by atoms with Crippen LogP contribution in [-0.4, -0.2) is 27.6 Å². The lowest BCUT2D eigenvalue weighted by Gasteiger charge is -2.19. The first-order valence-corrected chi connectivity index (χ1v) is 7.24. The van der Waals surface area contributed by atoms with E-state index in [1.54, 1.807) is 37.4 Å². The number of nitrogen functional groups attached to an aromatic ring is 1. The molecule has 0 unspecified atom stereocenters. The van der Waals surface area contributed by atoms with Gasteiger partial charge >= 0.3 is 0 Å². The quantitative estimate of drug-likeness (QED) is 0.923. The van der Waals surface area contributed by atoms with Crippen LogP contribution in [-0.2, 0) is 10.0 Å². The summed E-state index contributed by atoms with van der Waals surface area (Å²) in [5, 5.41) is -0.154. The fraction of sp³-hybridized carbons (Fsp3) is 0.154. The first-order chi connectivity index (χ1) is 9.46. The number of methoxy groups -OCH3 is 1. The van der Waals surface area contributed by atoms with E-state index in [1.807, 2.05) is 0 Å². The fourth-order valence-electron chi connectivity index (χ4n) is 1.68. The first kappa shape index (κ1) is 14.1. The summed E-state index contributed by atoms with van der Waals surface area (Å²) < 4.78 is 31.1. The number of benzene rings is 1. The molecule has 0 saturated carbocycles. The standard InChI is InChI=1S/C13H15N3O3S/c1-16(10-5-7-11(19-2)8-6-10)20(17,18)13-12(14)4-3-9-15-13/h3-9H,14H2,1-2H3. The second kappa shape index (κ2) is 5.38. The Hall–Kier alpha value is -2.28. The van der Waals surface area contributed by atoms with Crippen molar-refractivity contribution in [1.82, 2.24) is 4.98 Å². The minimum atomic E-state index is -3.79. The van der Waals surface area contributed by atoms with E-state index < -0.39 is 10.0 Å². The van der Waals surface area contributed by atoms with E-state index in [9.17, 15) is 8.42 Å². The van der Waals surface area contributed by atoms with Crippen molar-refractivity contribution in [3.05, 3.63) is 42.6 Å². The molecule has 20 heavy (non-hydrogen) atoms. The molecule has 0 saturated heterocycles. The summed E-state index contributed by atoms with van der Waals surface area (Å²) in [5.41, 5.74) is 6.29. The molecular formula is C13H15N3O3S. The number of pyridine rings is 1. The van der Waals surface area contributed by atoms with Gasteiger partial charge in [0.2, 0.25) is 0 Å². The van der Waals surface area contributed by atoms with Crippen LogP contribution in [0.15, 0.2) is 47.6 Å². The van der Waals surface area contributed by atoms with E-state index in [2.05, 4.69) is 4.98 Å². The predicted molar refractivity (Wildman–Crippen MR) is 77.2 cm³/mol. The number of aromatic nitrogens is 1. The average Bonchev–Trinajstić information content (AvgIpc) is 2.47. The van der Waals surface area contributed by atoms with E-state index in [0.29, 0.717) is 11.4 Å². The highest BCUT2D eigenvalue weighted by Gasteiger charge is 2.25. The van der Waals surface area contributed by atoms with Gasteiger partial charge in [-0.25, -0.2) is 4.98 Å². The van der Waals surface area contributed by atoms with E-state index in [-0.39, 0.29) is 10.7 Å². The lowest BCUT2D eigenvalue weighted by atomic mass is 10.3. The Balaban J connectivity index is 2.41. The van der Waals surface area contributed by atoms with Crippen molar-refractivity contribution >= 4 is 21.4 Å². The van der Waals surface area contributed by atoms with Crippen molar-refractivity contribution < 1.29 is 13.2 Å². The number of nitrogens with zero attached hydrogens (tertiary/aromatic N) is 2. The molecular weight excluding hydrogens is 278 g/mol. The Labute approximate surface area is 117 Å². The lowest BCUT2D eigenvalue weighted by molar-refractivity contribution is 0.415. The van der Waals surface area contributed by atoms with Crippen LogP contribution in [0.25, 0.3) is 0 Å². The van der Waals surface area contributed by atoms with Crippen LogP contribution in [0.2, 0.25) is 0 Å². The zero-order valence-electron chi connectivity index (χ0n) is 11.1. The molecule has 1 aromatic carbocycles. The molecule has 0 bridgehead atoms. The van der Waals surface area contributed by atoms with Crippen molar-refractivity contribution in [3.8, 4) is 5.75 Å². The zero-order chi connectivity index (χ0) is 14.8. The van der Waals surface area contributed by atoms with Crippen LogP contribution in [0.3, 0.4) is 0 Å². The fourth-order valence-corrected chi connectivity index (χ4v) is 2.90. The molecule has 2 aromatic rings. The van der Waals surface area contributed by atoms with Gasteiger partial charge in [-0.05, 0) is 36.4 Å². The Bertz CT molecular complexity index is 699. The zero-order valence-corrected chi connectivity index (χ0v) is 12.0. The summed E-state index contributed by atoms with van der Waals surface area (Å²) in [6.45, 7) is 0. The third-order valence-electron chi connectivity index (χ3n) is 2.84. The van der Waals surface area contributed by atoms with Gasteiger partial charge in [-0.2, -0.15) is 8.42 Å². The molecule has 6 nitrogen and oxygen atoms in total. The topological polar surface area (TPSA) is 85.5 Å². The first-order valence-electron chi connectivity index (χ1n) is 5.80. The summed E-state index contributed by atoms with van der Waals surface area (Å²) in [4.78, 5) is 3.85. The Morgan fingerprint density at radius 2 is 1.85 bits per heavy atom. The number of nitrogens with two attached hydrogens (primary N) is 1. The van der Waals surface area contributed by atoms with Gasteiger partial charge in [0.25, 0.3) is 10.0 Å². The maximum atomic E-state index is 12.5. The van der Waals surface area contributed by atoms with E-state index in [0.717, 1.165) is 4.31 Å². The number of ether oxygens (including phenoxy) is 1. The van der Waals surface area contributed by atoms with E-state index >= 15 is 0 Å². The molecule has 7 heteroatoms. The summed E-state index contributed by atoms with van der Waals surface area (Å²) in [7, 11) is -0.791. The monoisotopic (exact) mass is 293 g/mol. The molecule has 0 fully saturated rings. The van der Waals surface area contributed by atoms with Crippen LogP contribution in [0.4, 0.5) is 11.4 Å². The summed E-state index contributed by atoms with van der Waals surface area (Å²) in [6.07, 6.45) is 1.39. The highest BCUT2D eigenvalue weighted by atomic mass is 32.2. The second-order valence-electron chi connectivity index (χ2n) is 4.07. The molecule has 106 valence electrons. The smallest absolute Gasteiger partial charge is 0.283 e. The van der Waals surface area contributed by atoms with Crippen LogP contribution in [0, 0.1) is 0 Å². The average molecular weight is 293 g/mol. The maximum absolute atomic E-state index is 12.5. The van der Waals surface area contributed by atoms with Gasteiger partial charge in [0.1, 0.15) is 5.75 Å². The van der Waals surface area contributed by atoms with Gasteiger partial charge in [0.15, 0.2) is 5.03 Å². The molecule has 0 aliphatic heterocycles. The molecule has 0 atom stereocenters. The molecule has 0 aliphatic rings. The summed E-state index contributed by atoms with van der Waals surface area (Å²) in [5.74, 6) is 0.650. The highest BCUT2D eigenvalue weighted by Crippen LogP contribution is 2.25. The normalized spacial score (nSPS) is 11.1. The number of hydrogen-bond donors (Lipinski definition) is 1. The Kier molecular flexibility index (Phi) is 3.80. The minimum absolute atomic E-state index is 0.118. The van der Waals surface area contributed by atoms with Gasteiger partial charge in [-0.15, -0.1) is 0 Å². The van der Waals surface area contributed by atoms with E-state index in [1.165, 1.54) is 19.3 Å². The Morgan fingerprint density at radius 3 is 2.40 bits per heavy atom. The van der Waals surface area contributed by atoms with Gasteiger partial charge in [-0.3, -0.25) is 4.31 Å². The molecule has 1 heterocycles. The highest BCUT2D eigenvalue weighted by molar-refractivity contribution is 7.92. The van der Waals surface area contributed by atoms with Gasteiger partial charge in [0, 0.05) is 13.2 Å². The third-order valence-corrected chi connectivity index (χ3v) is 4.60. The number of hydrogen-bond acceptors (Lipinski definition) is 5. The molecule has 1 aromatic heterocycles. The van der Waals surface area contributed by atoms with Crippen LogP contribution < -0.4 is 14.8 Å². The molecule has 2 N–H and O–H groups in total. The molecule has 0 amide bonds. The van der Waals surface area contributed by atoms with Gasteiger partial charge in [0.05, 0.1) is 18.5 Å². The largest absolute Gasteiger partial charge is 0.497 e. The van der Waals surface area contributed by atoms with Crippen molar-refractivity contribution in [2.45, 2.75) is 5.03 Å². The van der Waals surface area contributed by atoms with Crippen LogP contribution >= 0.6 is 0 Å². The van der Waals surface area contributed by atoms with Crippen molar-refractivity contribution in [1.29, 1.82) is 0 Å². The molecule has 2 rings (SSSR count). The second-order valence-corrected chi connectivity index (χ2v) is 5.95. The van der Waals surface area contributed by atoms with Crippen LogP contribution in [0.5, 0.6) is 5.75 Å². The lowest BCUT2D eigenvalue weighted by Crippen LogP contribution is -2.28. The third kappa shape index (κ3) is 2.53. The van der Waals surface area contributed by atoms with Crippen molar-refractivity contribution in [2.24, 2.45) is 0 Å². The Morgan fingerprint density at radius 1 is 1.20 bits per heavy atom. The van der Waals surface area contributed by atoms with Crippen LogP contribution in [0.1, 0.15) is 0 Å². The maximum Gasteiger partial charge on any atom is 0.283 e. The minimum Gasteiger partial charge on any atom is -0.497 e. The summed E-state index contributed by atoms with van der Waals surface area (Å²) in [6, 6.07) is 9.75. The molecule has 0 radical (unpaired) electrons. The van der Waals surface area contributed by atoms with E-state index in [4.69, 9.17) is 10.5 Å². The molecule has 0 aliphatic carbocycles.